The number of furan rings is 1. The van der Waals surface area contributed by atoms with Crippen LogP contribution in [0, 0.1) is 0 Å². The Morgan fingerprint density at radius 3 is 2.36 bits per heavy atom. The number of fused-ring (bicyclic) bond motifs is 9. The summed E-state index contributed by atoms with van der Waals surface area (Å²) in [5.74, 6) is 0. The van der Waals surface area contributed by atoms with Gasteiger partial charge >= 0.3 is 0 Å². The van der Waals surface area contributed by atoms with Crippen LogP contribution in [0.1, 0.15) is 0 Å². The van der Waals surface area contributed by atoms with Gasteiger partial charge in [-0.25, -0.2) is 0 Å². The maximum Gasteiger partial charge on any atom is 0.143 e. The van der Waals surface area contributed by atoms with Gasteiger partial charge in [-0.2, -0.15) is 0 Å². The molecule has 4 aromatic carbocycles. The van der Waals surface area contributed by atoms with E-state index < -0.39 is 0 Å². The molecule has 0 aliphatic heterocycles. The number of aryl methyl sites for hydroxylation is 1. The van der Waals surface area contributed by atoms with Crippen molar-refractivity contribution in [3.8, 4) is 0 Å². The van der Waals surface area contributed by atoms with E-state index in [1.165, 1.54) is 43.4 Å². The molecular formula is C23H15NO. The van der Waals surface area contributed by atoms with Crippen LogP contribution in [0.3, 0.4) is 0 Å². The van der Waals surface area contributed by atoms with Gasteiger partial charge in [-0.05, 0) is 29.7 Å². The van der Waals surface area contributed by atoms with E-state index in [9.17, 15) is 0 Å². The van der Waals surface area contributed by atoms with E-state index in [0.717, 1.165) is 11.2 Å². The van der Waals surface area contributed by atoms with Crippen molar-refractivity contribution >= 4 is 54.5 Å². The molecule has 0 saturated heterocycles. The molecule has 6 aromatic rings. The number of para-hydroxylation sites is 1. The van der Waals surface area contributed by atoms with Crippen LogP contribution in [0.25, 0.3) is 54.5 Å². The van der Waals surface area contributed by atoms with Crippen LogP contribution in [-0.4, -0.2) is 4.57 Å². The molecule has 0 saturated carbocycles. The Labute approximate surface area is 143 Å². The predicted octanol–water partition coefficient (Wildman–Crippen LogP) is 6.38. The van der Waals surface area contributed by atoms with Crippen molar-refractivity contribution < 1.29 is 4.42 Å². The first kappa shape index (κ1) is 13.1. The fourth-order valence-corrected chi connectivity index (χ4v) is 4.24. The van der Waals surface area contributed by atoms with E-state index >= 15 is 0 Å². The Kier molecular flexibility index (Phi) is 2.31. The first-order valence-electron chi connectivity index (χ1n) is 8.53. The SMILES string of the molecule is Cn1c2ccccc2c2c3c(ccc21)oc1c2ccccc2ccc13. The third-order valence-electron chi connectivity index (χ3n) is 5.40. The molecule has 2 nitrogen and oxygen atoms in total. The lowest BCUT2D eigenvalue weighted by Gasteiger charge is -1.98. The number of nitrogens with zero attached hydrogens (tertiary/aromatic N) is 1. The molecule has 25 heavy (non-hydrogen) atoms. The van der Waals surface area contributed by atoms with Gasteiger partial charge < -0.3 is 8.98 Å². The van der Waals surface area contributed by atoms with Gasteiger partial charge in [-0.1, -0.05) is 48.5 Å². The molecule has 2 heteroatoms. The molecule has 0 amide bonds. The zero-order valence-electron chi connectivity index (χ0n) is 13.8. The van der Waals surface area contributed by atoms with Crippen LogP contribution in [-0.2, 0) is 7.05 Å². The normalized spacial score (nSPS) is 12.2. The monoisotopic (exact) mass is 321 g/mol. The minimum Gasteiger partial charge on any atom is -0.455 e. The fraction of sp³-hybridized carbons (Fsp3) is 0.0435. The Balaban J connectivity index is 1.96. The zero-order chi connectivity index (χ0) is 16.5. The lowest BCUT2D eigenvalue weighted by atomic mass is 10.0. The van der Waals surface area contributed by atoms with Crippen molar-refractivity contribution in [2.24, 2.45) is 7.05 Å². The molecular weight excluding hydrogens is 306 g/mol. The van der Waals surface area contributed by atoms with Crippen molar-refractivity contribution in [3.63, 3.8) is 0 Å². The minimum absolute atomic E-state index is 0.954. The molecule has 0 bridgehead atoms. The van der Waals surface area contributed by atoms with Gasteiger partial charge in [-0.3, -0.25) is 0 Å². The minimum atomic E-state index is 0.954. The highest BCUT2D eigenvalue weighted by molar-refractivity contribution is 6.29. The van der Waals surface area contributed by atoms with E-state index in [0.29, 0.717) is 0 Å². The molecule has 118 valence electrons. The molecule has 0 aliphatic carbocycles. The van der Waals surface area contributed by atoms with Crippen LogP contribution in [0.5, 0.6) is 0 Å². The van der Waals surface area contributed by atoms with Crippen molar-refractivity contribution in [3.05, 3.63) is 72.8 Å². The summed E-state index contributed by atoms with van der Waals surface area (Å²) in [4.78, 5) is 0. The molecule has 0 atom stereocenters. The predicted molar refractivity (Wildman–Crippen MR) is 105 cm³/mol. The molecule has 0 unspecified atom stereocenters. The highest BCUT2D eigenvalue weighted by Gasteiger charge is 2.17. The maximum absolute atomic E-state index is 6.32. The smallest absolute Gasteiger partial charge is 0.143 e. The first-order valence-corrected chi connectivity index (χ1v) is 8.53. The molecule has 0 radical (unpaired) electrons. The average Bonchev–Trinajstić information content (AvgIpc) is 3.18. The Bertz CT molecular complexity index is 1450. The summed E-state index contributed by atoms with van der Waals surface area (Å²) < 4.78 is 8.59. The maximum atomic E-state index is 6.32. The zero-order valence-corrected chi connectivity index (χ0v) is 13.8. The van der Waals surface area contributed by atoms with Crippen LogP contribution < -0.4 is 0 Å². The molecule has 0 spiro atoms. The standard InChI is InChI=1S/C23H15NO/c1-24-18-9-5-4-8-16(18)21-19(24)12-13-20-22(21)17-11-10-14-6-2-3-7-15(14)23(17)25-20/h2-13H,1H3. The molecule has 0 fully saturated rings. The summed E-state index contributed by atoms with van der Waals surface area (Å²) in [7, 11) is 2.13. The first-order chi connectivity index (χ1) is 12.3. The quantitative estimate of drug-likeness (QED) is 0.317. The van der Waals surface area contributed by atoms with Crippen LogP contribution in [0.15, 0.2) is 77.2 Å². The number of aromatic nitrogens is 1. The number of hydrogen-bond donors (Lipinski definition) is 0. The second kappa shape index (κ2) is 4.42. The van der Waals surface area contributed by atoms with Gasteiger partial charge in [0.25, 0.3) is 0 Å². The van der Waals surface area contributed by atoms with Crippen molar-refractivity contribution in [2.45, 2.75) is 0 Å². The third-order valence-corrected chi connectivity index (χ3v) is 5.40. The number of rotatable bonds is 0. The molecule has 0 N–H and O–H groups in total. The molecule has 6 rings (SSSR count). The van der Waals surface area contributed by atoms with Crippen LogP contribution in [0.4, 0.5) is 0 Å². The number of benzene rings is 4. The van der Waals surface area contributed by atoms with Crippen LogP contribution in [0.2, 0.25) is 0 Å². The van der Waals surface area contributed by atoms with Crippen molar-refractivity contribution in [1.82, 2.24) is 4.57 Å². The Morgan fingerprint density at radius 1 is 0.640 bits per heavy atom. The van der Waals surface area contributed by atoms with E-state index in [-0.39, 0.29) is 0 Å². The van der Waals surface area contributed by atoms with Gasteiger partial charge in [0, 0.05) is 45.0 Å². The molecule has 2 aromatic heterocycles. The third kappa shape index (κ3) is 1.54. The summed E-state index contributed by atoms with van der Waals surface area (Å²) >= 11 is 0. The average molecular weight is 321 g/mol. The topological polar surface area (TPSA) is 18.1 Å². The van der Waals surface area contributed by atoms with Crippen molar-refractivity contribution in [1.29, 1.82) is 0 Å². The number of hydrogen-bond acceptors (Lipinski definition) is 1. The molecule has 0 aliphatic rings. The van der Waals surface area contributed by atoms with E-state index in [1.807, 2.05) is 0 Å². The second-order valence-corrected chi connectivity index (χ2v) is 6.67. The summed E-state index contributed by atoms with van der Waals surface area (Å²) in [6, 6.07) is 25.7. The van der Waals surface area contributed by atoms with Crippen molar-refractivity contribution in [2.75, 3.05) is 0 Å². The van der Waals surface area contributed by atoms with E-state index in [4.69, 9.17) is 4.42 Å². The van der Waals surface area contributed by atoms with Gasteiger partial charge in [0.2, 0.25) is 0 Å². The summed E-state index contributed by atoms with van der Waals surface area (Å²) in [6.07, 6.45) is 0. The lowest BCUT2D eigenvalue weighted by Crippen LogP contribution is -1.85. The highest BCUT2D eigenvalue weighted by atomic mass is 16.3. The highest BCUT2D eigenvalue weighted by Crippen LogP contribution is 2.41. The van der Waals surface area contributed by atoms with E-state index in [1.54, 1.807) is 0 Å². The summed E-state index contributed by atoms with van der Waals surface area (Å²) in [5, 5.41) is 7.35. The van der Waals surface area contributed by atoms with Crippen LogP contribution >= 0.6 is 0 Å². The van der Waals surface area contributed by atoms with Gasteiger partial charge in [0.1, 0.15) is 11.2 Å². The van der Waals surface area contributed by atoms with E-state index in [2.05, 4.69) is 84.4 Å². The summed E-state index contributed by atoms with van der Waals surface area (Å²) in [6.45, 7) is 0. The van der Waals surface area contributed by atoms with Gasteiger partial charge in [-0.15, -0.1) is 0 Å². The van der Waals surface area contributed by atoms with Gasteiger partial charge in [0.15, 0.2) is 0 Å². The lowest BCUT2D eigenvalue weighted by molar-refractivity contribution is 0.673. The van der Waals surface area contributed by atoms with Gasteiger partial charge in [0.05, 0.1) is 0 Å². The second-order valence-electron chi connectivity index (χ2n) is 6.67. The Morgan fingerprint density at radius 2 is 1.44 bits per heavy atom. The largest absolute Gasteiger partial charge is 0.455 e. The molecule has 2 heterocycles. The summed E-state index contributed by atoms with van der Waals surface area (Å²) in [5.41, 5.74) is 4.42. The Hall–Kier alpha value is -3.26. The fourth-order valence-electron chi connectivity index (χ4n) is 4.24.